The number of carbonyl (C=O) groups is 2. The highest BCUT2D eigenvalue weighted by atomic mass is 16.5. The van der Waals surface area contributed by atoms with Crippen LogP contribution in [0.4, 0.5) is 0 Å². The molecule has 1 saturated heterocycles. The van der Waals surface area contributed by atoms with E-state index in [9.17, 15) is 9.59 Å². The Morgan fingerprint density at radius 1 is 1.00 bits per heavy atom. The lowest BCUT2D eigenvalue weighted by molar-refractivity contribution is -0.152. The van der Waals surface area contributed by atoms with Gasteiger partial charge < -0.3 is 19.1 Å². The number of benzene rings is 1. The Kier molecular flexibility index (Phi) is 12.8. The van der Waals surface area contributed by atoms with Gasteiger partial charge in [-0.3, -0.25) is 14.9 Å². The summed E-state index contributed by atoms with van der Waals surface area (Å²) in [7, 11) is 0. The molecule has 0 radical (unpaired) electrons. The van der Waals surface area contributed by atoms with E-state index in [4.69, 9.17) is 14.2 Å². The van der Waals surface area contributed by atoms with Crippen LogP contribution in [0.5, 0.6) is 11.5 Å². The van der Waals surface area contributed by atoms with Crippen LogP contribution in [-0.2, 0) is 9.53 Å². The number of carbonyl (C=O) groups excluding carboxylic acids is 2. The average molecular weight is 557 g/mol. The number of nitrogens with one attached hydrogen (secondary N) is 1. The topological polar surface area (TPSA) is 77.1 Å². The van der Waals surface area contributed by atoms with Gasteiger partial charge in [-0.25, -0.2) is 0 Å². The number of unbranched alkanes of at least 4 members (excludes halogenated alkanes) is 2. The van der Waals surface area contributed by atoms with Gasteiger partial charge in [0.2, 0.25) is 0 Å². The first kappa shape index (κ1) is 32.0. The Balaban J connectivity index is 1.75. The van der Waals surface area contributed by atoms with Crippen LogP contribution in [0.25, 0.3) is 5.57 Å². The minimum atomic E-state index is -0.358. The zero-order valence-electron chi connectivity index (χ0n) is 25.6. The third-order valence-corrected chi connectivity index (χ3v) is 7.77. The van der Waals surface area contributed by atoms with E-state index in [-0.39, 0.29) is 30.1 Å². The van der Waals surface area contributed by atoms with E-state index in [1.165, 1.54) is 0 Å². The molecule has 0 spiro atoms. The highest BCUT2D eigenvalue weighted by molar-refractivity contribution is 5.98. The minimum absolute atomic E-state index is 0.0329. The molecule has 7 nitrogen and oxygen atoms in total. The number of rotatable bonds is 16. The number of ether oxygens (including phenoxy) is 3. The highest BCUT2D eigenvalue weighted by Crippen LogP contribution is 2.35. The van der Waals surface area contributed by atoms with E-state index in [0.29, 0.717) is 55.7 Å². The fraction of sp³-hybridized carbons (Fsp3) is 0.697. The number of likely N-dealkylation sites (tertiary alicyclic amines) is 1. The van der Waals surface area contributed by atoms with Crippen LogP contribution in [0.15, 0.2) is 18.7 Å². The third-order valence-electron chi connectivity index (χ3n) is 7.77. The van der Waals surface area contributed by atoms with Crippen LogP contribution in [0.2, 0.25) is 0 Å². The Bertz CT molecular complexity index is 985. The van der Waals surface area contributed by atoms with Gasteiger partial charge in [-0.1, -0.05) is 47.1 Å². The molecule has 1 amide bonds. The van der Waals surface area contributed by atoms with Crippen LogP contribution in [0, 0.1) is 5.92 Å². The first-order chi connectivity index (χ1) is 19.2. The Morgan fingerprint density at radius 2 is 1.62 bits per heavy atom. The molecule has 1 aromatic carbocycles. The molecule has 1 aliphatic heterocycles. The standard InChI is InChI=1S/C33H52N2O5/c1-7-9-17-38-30-21-31(39-18-10-8-2)28(20-27(30)24(5)6)32(36)35-16-15-25(22-35)34-29(19-23(3)4)33(37)40-26-13-11-12-14-26/h20-21,23,25-26,29,34H,5,7-19,22H2,1-4,6H3/t25?,29-/m0/s1. The largest absolute Gasteiger partial charge is 0.493 e. The number of allylic oxidation sites excluding steroid dienone is 1. The Morgan fingerprint density at radius 3 is 2.20 bits per heavy atom. The molecular weight excluding hydrogens is 504 g/mol. The van der Waals surface area contributed by atoms with Crippen molar-refractivity contribution in [3.8, 4) is 11.5 Å². The predicted octanol–water partition coefficient (Wildman–Crippen LogP) is 6.78. The summed E-state index contributed by atoms with van der Waals surface area (Å²) in [6.45, 7) is 16.9. The Hall–Kier alpha value is -2.54. The lowest BCUT2D eigenvalue weighted by Crippen LogP contribution is -2.47. The molecule has 0 aromatic heterocycles. The fourth-order valence-electron chi connectivity index (χ4n) is 5.45. The summed E-state index contributed by atoms with van der Waals surface area (Å²) < 4.78 is 18.1. The summed E-state index contributed by atoms with van der Waals surface area (Å²) in [5, 5.41) is 3.55. The van der Waals surface area contributed by atoms with Gasteiger partial charge in [-0.15, -0.1) is 0 Å². The summed E-state index contributed by atoms with van der Waals surface area (Å²) in [6.07, 6.45) is 9.64. The SMILES string of the molecule is C=C(C)c1cc(C(=O)N2CCC(N[C@@H](CC(C)C)C(=O)OC3CCCC3)C2)c(OCCCC)cc1OCCCC. The number of esters is 1. The molecule has 1 N–H and O–H groups in total. The summed E-state index contributed by atoms with van der Waals surface area (Å²) in [5.74, 6) is 1.41. The number of hydrogen-bond donors (Lipinski definition) is 1. The number of amides is 1. The monoisotopic (exact) mass is 556 g/mol. The van der Waals surface area contributed by atoms with Gasteiger partial charge in [0.1, 0.15) is 23.6 Å². The maximum absolute atomic E-state index is 13.9. The molecule has 1 unspecified atom stereocenters. The van der Waals surface area contributed by atoms with E-state index in [2.05, 4.69) is 39.6 Å². The number of nitrogens with zero attached hydrogens (tertiary/aromatic N) is 1. The molecule has 2 aliphatic rings. The van der Waals surface area contributed by atoms with Crippen LogP contribution >= 0.6 is 0 Å². The van der Waals surface area contributed by atoms with E-state index in [0.717, 1.165) is 68.9 Å². The molecule has 0 bridgehead atoms. The van der Waals surface area contributed by atoms with Crippen LogP contribution < -0.4 is 14.8 Å². The lowest BCUT2D eigenvalue weighted by Gasteiger charge is -2.25. The van der Waals surface area contributed by atoms with Crippen molar-refractivity contribution in [3.05, 3.63) is 29.8 Å². The zero-order chi connectivity index (χ0) is 29.1. The summed E-state index contributed by atoms with van der Waals surface area (Å²) >= 11 is 0. The fourth-order valence-corrected chi connectivity index (χ4v) is 5.45. The van der Waals surface area contributed by atoms with Crippen LogP contribution in [0.1, 0.15) is 115 Å². The van der Waals surface area contributed by atoms with Crippen molar-refractivity contribution in [1.82, 2.24) is 10.2 Å². The molecule has 1 aliphatic carbocycles. The van der Waals surface area contributed by atoms with Crippen molar-refractivity contribution in [3.63, 3.8) is 0 Å². The van der Waals surface area contributed by atoms with Crippen molar-refractivity contribution < 1.29 is 23.8 Å². The highest BCUT2D eigenvalue weighted by Gasteiger charge is 2.34. The Labute approximate surface area is 242 Å². The van der Waals surface area contributed by atoms with Crippen molar-refractivity contribution >= 4 is 17.4 Å². The second kappa shape index (κ2) is 16.0. The van der Waals surface area contributed by atoms with E-state index in [1.54, 1.807) is 0 Å². The van der Waals surface area contributed by atoms with Crippen LogP contribution in [-0.4, -0.2) is 61.3 Å². The van der Waals surface area contributed by atoms with Crippen molar-refractivity contribution in [2.24, 2.45) is 5.92 Å². The van der Waals surface area contributed by atoms with Crippen LogP contribution in [0.3, 0.4) is 0 Å². The summed E-state index contributed by atoms with van der Waals surface area (Å²) in [5.41, 5.74) is 2.22. The van der Waals surface area contributed by atoms with Gasteiger partial charge in [0.05, 0.1) is 18.8 Å². The van der Waals surface area contributed by atoms with Crippen molar-refractivity contribution in [1.29, 1.82) is 0 Å². The van der Waals surface area contributed by atoms with Gasteiger partial charge in [0, 0.05) is 30.8 Å². The first-order valence-electron chi connectivity index (χ1n) is 15.6. The van der Waals surface area contributed by atoms with Gasteiger partial charge in [0.25, 0.3) is 5.91 Å². The summed E-state index contributed by atoms with van der Waals surface area (Å²) in [6, 6.07) is 3.43. The van der Waals surface area contributed by atoms with Crippen molar-refractivity contribution in [2.45, 2.75) is 117 Å². The van der Waals surface area contributed by atoms with E-state index in [1.807, 2.05) is 24.0 Å². The molecule has 1 aromatic rings. The third kappa shape index (κ3) is 9.25. The van der Waals surface area contributed by atoms with Crippen molar-refractivity contribution in [2.75, 3.05) is 26.3 Å². The normalized spacial score (nSPS) is 18.2. The lowest BCUT2D eigenvalue weighted by atomic mass is 10.0. The molecule has 1 heterocycles. The second-order valence-electron chi connectivity index (χ2n) is 12.0. The predicted molar refractivity (Wildman–Crippen MR) is 161 cm³/mol. The molecule has 2 atom stereocenters. The maximum Gasteiger partial charge on any atom is 0.323 e. The first-order valence-corrected chi connectivity index (χ1v) is 15.6. The molecule has 1 saturated carbocycles. The molecule has 3 rings (SSSR count). The smallest absolute Gasteiger partial charge is 0.323 e. The molecule has 7 heteroatoms. The minimum Gasteiger partial charge on any atom is -0.493 e. The zero-order valence-corrected chi connectivity index (χ0v) is 25.6. The molecule has 2 fully saturated rings. The van der Waals surface area contributed by atoms with E-state index >= 15 is 0 Å². The molecular formula is C33H52N2O5. The maximum atomic E-state index is 13.9. The van der Waals surface area contributed by atoms with Gasteiger partial charge in [-0.05, 0) is 75.8 Å². The quantitative estimate of drug-likeness (QED) is 0.179. The van der Waals surface area contributed by atoms with Gasteiger partial charge in [0.15, 0.2) is 0 Å². The van der Waals surface area contributed by atoms with Gasteiger partial charge in [-0.2, -0.15) is 0 Å². The second-order valence-corrected chi connectivity index (χ2v) is 12.0. The van der Waals surface area contributed by atoms with Gasteiger partial charge >= 0.3 is 5.97 Å². The average Bonchev–Trinajstić information content (AvgIpc) is 3.60. The molecule has 40 heavy (non-hydrogen) atoms. The number of hydrogen-bond acceptors (Lipinski definition) is 6. The van der Waals surface area contributed by atoms with E-state index < -0.39 is 0 Å². The summed E-state index contributed by atoms with van der Waals surface area (Å²) in [4.78, 5) is 28.8. The molecule has 224 valence electrons.